The summed E-state index contributed by atoms with van der Waals surface area (Å²) in [7, 11) is 0. The van der Waals surface area contributed by atoms with E-state index in [2.05, 4.69) is 15.2 Å². The highest BCUT2D eigenvalue weighted by molar-refractivity contribution is 6.08. The van der Waals surface area contributed by atoms with Gasteiger partial charge >= 0.3 is 18.1 Å². The predicted octanol–water partition coefficient (Wildman–Crippen LogP) is 5.67. The number of alkyl halides is 4. The molecule has 6 rings (SSSR count). The lowest BCUT2D eigenvalue weighted by molar-refractivity contribution is -0.296. The lowest BCUT2D eigenvalue weighted by Gasteiger charge is -2.17. The number of nitrogens with one attached hydrogen (secondary N) is 1. The van der Waals surface area contributed by atoms with Gasteiger partial charge in [0.25, 0.3) is 0 Å². The van der Waals surface area contributed by atoms with Crippen molar-refractivity contribution in [3.05, 3.63) is 83.2 Å². The van der Waals surface area contributed by atoms with Gasteiger partial charge in [-0.3, -0.25) is 0 Å². The van der Waals surface area contributed by atoms with Crippen molar-refractivity contribution >= 4 is 17.4 Å². The van der Waals surface area contributed by atoms with Gasteiger partial charge in [0.15, 0.2) is 11.5 Å². The third-order valence-corrected chi connectivity index (χ3v) is 6.26. The van der Waals surface area contributed by atoms with Crippen LogP contribution >= 0.6 is 0 Å². The second-order valence-corrected chi connectivity index (χ2v) is 8.57. The number of hydrogen-bond acceptors (Lipinski definition) is 5. The maximum atomic E-state index is 14.1. The van der Waals surface area contributed by atoms with Crippen molar-refractivity contribution < 1.29 is 41.0 Å². The molecule has 0 aliphatic carbocycles. The van der Waals surface area contributed by atoms with Gasteiger partial charge in [-0.25, -0.2) is 14.2 Å². The van der Waals surface area contributed by atoms with E-state index >= 15 is 0 Å². The zero-order chi connectivity index (χ0) is 25.9. The molecule has 12 heteroatoms. The third kappa shape index (κ3) is 3.79. The lowest BCUT2D eigenvalue weighted by Crippen LogP contribution is -2.37. The number of carbonyl (C=O) groups excluding carboxylic acids is 1. The molecule has 0 aromatic heterocycles. The Bertz CT molecular complexity index is 1440. The summed E-state index contributed by atoms with van der Waals surface area (Å²) >= 11 is 0. The van der Waals surface area contributed by atoms with Crippen LogP contribution in [0, 0.1) is 5.82 Å². The Labute approximate surface area is 206 Å². The number of halogens is 5. The van der Waals surface area contributed by atoms with Crippen LogP contribution in [0.5, 0.6) is 17.2 Å². The number of ether oxygens (including phenoxy) is 3. The fraction of sp³-hybridized carbons (Fsp3) is 0.200. The Morgan fingerprint density at radius 3 is 2.46 bits per heavy atom. The molecule has 7 nitrogen and oxygen atoms in total. The highest BCUT2D eigenvalue weighted by atomic mass is 19.3. The largest absolute Gasteiger partial charge is 0.469 e. The molecule has 3 aromatic carbocycles. The van der Waals surface area contributed by atoms with Gasteiger partial charge in [0.05, 0.1) is 17.8 Å². The highest BCUT2D eigenvalue weighted by Gasteiger charge is 2.66. The van der Waals surface area contributed by atoms with Crippen LogP contribution in [0.3, 0.4) is 0 Å². The molecule has 190 valence electrons. The van der Waals surface area contributed by atoms with Crippen LogP contribution in [-0.4, -0.2) is 36.2 Å². The number of urea groups is 1. The molecule has 1 unspecified atom stereocenters. The van der Waals surface area contributed by atoms with E-state index in [1.165, 1.54) is 18.2 Å². The fourth-order valence-electron chi connectivity index (χ4n) is 4.39. The van der Waals surface area contributed by atoms with Crippen LogP contribution in [0.4, 0.5) is 32.4 Å². The first-order valence-electron chi connectivity index (χ1n) is 11.0. The number of hydrazone groups is 1. The summed E-state index contributed by atoms with van der Waals surface area (Å²) < 4.78 is 83.6. The van der Waals surface area contributed by atoms with Crippen molar-refractivity contribution in [2.75, 3.05) is 18.7 Å². The first kappa shape index (κ1) is 23.1. The molecule has 37 heavy (non-hydrogen) atoms. The minimum atomic E-state index is -4.70. The second kappa shape index (κ2) is 8.08. The van der Waals surface area contributed by atoms with Gasteiger partial charge in [0.1, 0.15) is 11.6 Å². The number of amides is 2. The monoisotopic (exact) mass is 517 g/mol. The zero-order valence-electron chi connectivity index (χ0n) is 18.7. The fourth-order valence-corrected chi connectivity index (χ4v) is 4.39. The van der Waals surface area contributed by atoms with Crippen LogP contribution < -0.4 is 19.5 Å². The quantitative estimate of drug-likeness (QED) is 0.455. The average molecular weight is 517 g/mol. The van der Waals surface area contributed by atoms with E-state index in [4.69, 9.17) is 9.47 Å². The number of carbonyl (C=O) groups is 1. The van der Waals surface area contributed by atoms with Gasteiger partial charge in [0.2, 0.25) is 6.79 Å². The Morgan fingerprint density at radius 2 is 1.68 bits per heavy atom. The average Bonchev–Trinajstić information content (AvgIpc) is 3.55. The van der Waals surface area contributed by atoms with Crippen LogP contribution in [-0.2, 0) is 5.92 Å². The Kier molecular flexibility index (Phi) is 5.04. The number of anilines is 1. The van der Waals surface area contributed by atoms with Gasteiger partial charge in [-0.05, 0) is 54.1 Å². The molecule has 3 aliphatic heterocycles. The van der Waals surface area contributed by atoms with E-state index < -0.39 is 41.1 Å². The van der Waals surface area contributed by atoms with E-state index in [-0.39, 0.29) is 19.0 Å². The number of hydrogen-bond donors (Lipinski definition) is 1. The first-order valence-corrected chi connectivity index (χ1v) is 11.0. The summed E-state index contributed by atoms with van der Waals surface area (Å²) in [6, 6.07) is 13.0. The molecule has 0 radical (unpaired) electrons. The van der Waals surface area contributed by atoms with Crippen molar-refractivity contribution in [2.45, 2.75) is 17.9 Å². The number of benzene rings is 3. The third-order valence-electron chi connectivity index (χ3n) is 6.26. The Morgan fingerprint density at radius 1 is 0.946 bits per heavy atom. The molecule has 1 N–H and O–H groups in total. The van der Waals surface area contributed by atoms with Gasteiger partial charge in [-0.15, -0.1) is 0 Å². The Hall–Kier alpha value is -4.35. The van der Waals surface area contributed by atoms with E-state index in [1.54, 1.807) is 30.3 Å². The number of fused-ring (bicyclic) bond motifs is 2. The van der Waals surface area contributed by atoms with Crippen molar-refractivity contribution in [3.63, 3.8) is 0 Å². The van der Waals surface area contributed by atoms with Gasteiger partial charge in [-0.1, -0.05) is 12.1 Å². The van der Waals surface area contributed by atoms with Crippen LogP contribution in [0.1, 0.15) is 22.6 Å². The molecular weight excluding hydrogens is 501 g/mol. The SMILES string of the molecule is O=C(Nc1ccc2c(c1)C(F)(F)C(F)(F)O2)N1CC(c2ccc(F)cc2)C(c2ccc3c(c2)OCO3)=N1. The van der Waals surface area contributed by atoms with Crippen molar-refractivity contribution in [2.24, 2.45) is 5.10 Å². The highest BCUT2D eigenvalue weighted by Crippen LogP contribution is 2.53. The second-order valence-electron chi connectivity index (χ2n) is 8.57. The summed E-state index contributed by atoms with van der Waals surface area (Å²) in [5, 5.41) is 7.94. The van der Waals surface area contributed by atoms with Crippen LogP contribution in [0.2, 0.25) is 0 Å². The van der Waals surface area contributed by atoms with Gasteiger partial charge in [0, 0.05) is 17.2 Å². The molecule has 2 amide bonds. The van der Waals surface area contributed by atoms with Gasteiger partial charge < -0.3 is 19.5 Å². The molecule has 3 aromatic rings. The summed E-state index contributed by atoms with van der Waals surface area (Å²) in [6.07, 6.45) is -4.70. The molecular formula is C25H16F5N3O4. The summed E-state index contributed by atoms with van der Waals surface area (Å²) in [4.78, 5) is 13.0. The summed E-state index contributed by atoms with van der Waals surface area (Å²) in [5.74, 6) is -5.07. The molecule has 0 fully saturated rings. The predicted molar refractivity (Wildman–Crippen MR) is 120 cm³/mol. The van der Waals surface area contributed by atoms with Crippen molar-refractivity contribution in [1.82, 2.24) is 5.01 Å². The molecule has 3 aliphatic rings. The van der Waals surface area contributed by atoms with Crippen molar-refractivity contribution in [1.29, 1.82) is 0 Å². The first-order chi connectivity index (χ1) is 17.6. The number of rotatable bonds is 3. The zero-order valence-corrected chi connectivity index (χ0v) is 18.7. The normalized spacial score (nSPS) is 20.3. The van der Waals surface area contributed by atoms with E-state index in [0.717, 1.165) is 17.1 Å². The minimum Gasteiger partial charge on any atom is -0.454 e. The smallest absolute Gasteiger partial charge is 0.454 e. The van der Waals surface area contributed by atoms with E-state index in [1.807, 2.05) is 0 Å². The van der Waals surface area contributed by atoms with Crippen molar-refractivity contribution in [3.8, 4) is 17.2 Å². The minimum absolute atomic E-state index is 0.0452. The molecule has 0 saturated carbocycles. The van der Waals surface area contributed by atoms with E-state index in [0.29, 0.717) is 28.3 Å². The molecule has 0 saturated heterocycles. The number of nitrogens with zero attached hydrogens (tertiary/aromatic N) is 2. The maximum Gasteiger partial charge on any atom is 0.469 e. The van der Waals surface area contributed by atoms with E-state index in [9.17, 15) is 26.7 Å². The summed E-state index contributed by atoms with van der Waals surface area (Å²) in [6.45, 7) is 0.113. The molecule has 1 atom stereocenters. The van der Waals surface area contributed by atoms with Crippen LogP contribution in [0.25, 0.3) is 0 Å². The topological polar surface area (TPSA) is 72.4 Å². The molecule has 0 spiro atoms. The summed E-state index contributed by atoms with van der Waals surface area (Å²) in [5.41, 5.74) is 0.615. The standard InChI is InChI=1S/C25H16F5N3O4/c26-15-4-1-13(2-5-15)17-11-33(32-22(17)14-3-7-20-21(9-14)36-12-35-20)23(34)31-16-6-8-19-18(10-16)24(27,28)25(29,30)37-19/h1-10,17H,11-12H2,(H,31,34). The Balaban J connectivity index is 1.30. The van der Waals surface area contributed by atoms with Gasteiger partial charge in [-0.2, -0.15) is 22.7 Å². The van der Waals surface area contributed by atoms with Crippen LogP contribution in [0.15, 0.2) is 65.8 Å². The lowest BCUT2D eigenvalue weighted by atomic mass is 9.90. The molecule has 3 heterocycles. The maximum absolute atomic E-state index is 14.1. The molecule has 0 bridgehead atoms.